The number of amides is 1. The number of hydrogen-bond acceptors (Lipinski definition) is 6. The summed E-state index contributed by atoms with van der Waals surface area (Å²) in [7, 11) is 0. The van der Waals surface area contributed by atoms with Crippen molar-refractivity contribution in [2.45, 2.75) is 46.1 Å². The molecule has 0 bridgehead atoms. The van der Waals surface area contributed by atoms with Crippen LogP contribution in [0, 0.1) is 6.92 Å². The van der Waals surface area contributed by atoms with E-state index in [-0.39, 0.29) is 11.3 Å². The molecular formula is C30H38N2O5. The van der Waals surface area contributed by atoms with Crippen molar-refractivity contribution in [2.24, 2.45) is 0 Å². The van der Waals surface area contributed by atoms with Gasteiger partial charge >= 0.3 is 0 Å². The molecule has 7 heteroatoms. The number of morpholine rings is 1. The number of carbonyl (C=O) groups is 2. The molecule has 0 aromatic heterocycles. The summed E-state index contributed by atoms with van der Waals surface area (Å²) in [5.41, 5.74) is 3.47. The molecule has 198 valence electrons. The summed E-state index contributed by atoms with van der Waals surface area (Å²) in [5.74, 6) is -0.285. The van der Waals surface area contributed by atoms with E-state index < -0.39 is 17.7 Å². The van der Waals surface area contributed by atoms with Gasteiger partial charge in [0.1, 0.15) is 11.5 Å². The summed E-state index contributed by atoms with van der Waals surface area (Å²) in [6, 6.07) is 12.7. The fraction of sp³-hybridized carbons (Fsp3) is 0.467. The number of aliphatic hydroxyl groups excluding tert-OH is 1. The highest BCUT2D eigenvalue weighted by Gasteiger charge is 2.46. The molecule has 37 heavy (non-hydrogen) atoms. The number of likely N-dealkylation sites (tertiary alicyclic amines) is 1. The second kappa shape index (κ2) is 11.9. The maximum absolute atomic E-state index is 13.4. The van der Waals surface area contributed by atoms with Gasteiger partial charge in [0, 0.05) is 31.7 Å². The van der Waals surface area contributed by atoms with E-state index in [0.29, 0.717) is 44.4 Å². The summed E-state index contributed by atoms with van der Waals surface area (Å²) in [6.45, 7) is 12.7. The van der Waals surface area contributed by atoms with Crippen LogP contribution < -0.4 is 4.74 Å². The summed E-state index contributed by atoms with van der Waals surface area (Å²) < 4.78 is 11.2. The molecule has 2 aromatic rings. The van der Waals surface area contributed by atoms with Crippen LogP contribution in [-0.4, -0.2) is 72.6 Å². The minimum atomic E-state index is -0.654. The summed E-state index contributed by atoms with van der Waals surface area (Å²) in [4.78, 5) is 30.5. The Morgan fingerprint density at radius 2 is 1.78 bits per heavy atom. The molecule has 2 fully saturated rings. The number of carbonyl (C=O) groups excluding carboxylic acids is 2. The lowest BCUT2D eigenvalue weighted by Crippen LogP contribution is -2.42. The van der Waals surface area contributed by atoms with E-state index in [9.17, 15) is 14.7 Å². The SMILES string of the molecule is CCCOc1ccc(C(O)=C2C(=O)C(=O)N(CCN3CCOCC3)C2c2ccc(C(C)C)cc2)cc1C. The van der Waals surface area contributed by atoms with Gasteiger partial charge in [-0.3, -0.25) is 14.5 Å². The molecule has 1 N–H and O–H groups in total. The lowest BCUT2D eigenvalue weighted by molar-refractivity contribution is -0.140. The topological polar surface area (TPSA) is 79.3 Å². The minimum Gasteiger partial charge on any atom is -0.507 e. The van der Waals surface area contributed by atoms with Gasteiger partial charge < -0.3 is 19.5 Å². The molecule has 7 nitrogen and oxygen atoms in total. The van der Waals surface area contributed by atoms with E-state index in [1.54, 1.807) is 23.1 Å². The third-order valence-corrected chi connectivity index (χ3v) is 7.13. The molecule has 1 amide bonds. The zero-order valence-electron chi connectivity index (χ0n) is 22.3. The molecule has 1 atom stereocenters. The van der Waals surface area contributed by atoms with Gasteiger partial charge in [-0.05, 0) is 54.2 Å². The van der Waals surface area contributed by atoms with E-state index in [1.807, 2.05) is 38.1 Å². The standard InChI is InChI=1S/C30H38N2O5/c1-5-16-37-25-11-10-24(19-21(25)4)28(33)26-27(23-8-6-22(7-9-23)20(2)3)32(30(35)29(26)34)13-12-31-14-17-36-18-15-31/h6-11,19-20,27,33H,5,12-18H2,1-4H3. The van der Waals surface area contributed by atoms with Gasteiger partial charge in [-0.25, -0.2) is 0 Å². The Kier molecular flexibility index (Phi) is 8.67. The predicted octanol–water partition coefficient (Wildman–Crippen LogP) is 4.66. The Labute approximate surface area is 219 Å². The lowest BCUT2D eigenvalue weighted by atomic mass is 9.93. The maximum atomic E-state index is 13.4. The van der Waals surface area contributed by atoms with Crippen LogP contribution in [0.15, 0.2) is 48.0 Å². The maximum Gasteiger partial charge on any atom is 0.295 e. The molecule has 2 aliphatic heterocycles. The van der Waals surface area contributed by atoms with Crippen LogP contribution in [0.1, 0.15) is 61.4 Å². The van der Waals surface area contributed by atoms with E-state index in [0.717, 1.165) is 36.4 Å². The third-order valence-electron chi connectivity index (χ3n) is 7.13. The average molecular weight is 507 g/mol. The molecule has 4 rings (SSSR count). The lowest BCUT2D eigenvalue weighted by Gasteiger charge is -2.31. The Hall–Kier alpha value is -3.16. The first-order valence-corrected chi connectivity index (χ1v) is 13.2. The smallest absolute Gasteiger partial charge is 0.295 e. The van der Waals surface area contributed by atoms with Gasteiger partial charge in [0.25, 0.3) is 11.7 Å². The number of ether oxygens (including phenoxy) is 2. The molecule has 0 aliphatic carbocycles. The highest BCUT2D eigenvalue weighted by Crippen LogP contribution is 2.40. The fourth-order valence-electron chi connectivity index (χ4n) is 4.92. The molecule has 1 unspecified atom stereocenters. The average Bonchev–Trinajstić information content (AvgIpc) is 3.16. The summed E-state index contributed by atoms with van der Waals surface area (Å²) in [6.07, 6.45) is 0.894. The Balaban J connectivity index is 1.72. The summed E-state index contributed by atoms with van der Waals surface area (Å²) >= 11 is 0. The van der Waals surface area contributed by atoms with Crippen LogP contribution >= 0.6 is 0 Å². The third kappa shape index (κ3) is 5.89. The number of aliphatic hydroxyl groups is 1. The van der Waals surface area contributed by atoms with Gasteiger partial charge in [-0.1, -0.05) is 45.0 Å². The van der Waals surface area contributed by atoms with Crippen molar-refractivity contribution in [1.29, 1.82) is 0 Å². The van der Waals surface area contributed by atoms with Gasteiger partial charge in [0.05, 0.1) is 31.4 Å². The first-order valence-electron chi connectivity index (χ1n) is 13.2. The molecular weight excluding hydrogens is 468 g/mol. The van der Waals surface area contributed by atoms with Gasteiger partial charge in [0.15, 0.2) is 0 Å². The summed E-state index contributed by atoms with van der Waals surface area (Å²) in [5, 5.41) is 11.4. The van der Waals surface area contributed by atoms with Crippen LogP contribution in [0.3, 0.4) is 0 Å². The predicted molar refractivity (Wildman–Crippen MR) is 144 cm³/mol. The van der Waals surface area contributed by atoms with E-state index in [2.05, 4.69) is 18.7 Å². The molecule has 2 aromatic carbocycles. The first-order chi connectivity index (χ1) is 17.8. The van der Waals surface area contributed by atoms with Crippen LogP contribution in [0.25, 0.3) is 5.76 Å². The zero-order chi connectivity index (χ0) is 26.5. The molecule has 0 spiro atoms. The van der Waals surface area contributed by atoms with Crippen LogP contribution in [-0.2, 0) is 14.3 Å². The van der Waals surface area contributed by atoms with Gasteiger partial charge in [-0.15, -0.1) is 0 Å². The molecule has 0 saturated carbocycles. The largest absolute Gasteiger partial charge is 0.507 e. The number of aryl methyl sites for hydroxylation is 1. The molecule has 0 radical (unpaired) electrons. The van der Waals surface area contributed by atoms with Crippen molar-refractivity contribution >= 4 is 17.4 Å². The van der Waals surface area contributed by atoms with Gasteiger partial charge in [0.2, 0.25) is 0 Å². The Bertz CT molecular complexity index is 1150. The number of rotatable bonds is 9. The molecule has 2 aliphatic rings. The zero-order valence-corrected chi connectivity index (χ0v) is 22.3. The highest BCUT2D eigenvalue weighted by molar-refractivity contribution is 6.46. The normalized spacial score (nSPS) is 20.1. The van der Waals surface area contributed by atoms with Crippen LogP contribution in [0.2, 0.25) is 0 Å². The monoisotopic (exact) mass is 506 g/mol. The fourth-order valence-corrected chi connectivity index (χ4v) is 4.92. The van der Waals surface area contributed by atoms with Crippen molar-refractivity contribution in [2.75, 3.05) is 46.0 Å². The number of hydrogen-bond donors (Lipinski definition) is 1. The number of nitrogens with zero attached hydrogens (tertiary/aromatic N) is 2. The van der Waals surface area contributed by atoms with E-state index in [4.69, 9.17) is 9.47 Å². The van der Waals surface area contributed by atoms with Crippen molar-refractivity contribution in [1.82, 2.24) is 9.80 Å². The quantitative estimate of drug-likeness (QED) is 0.303. The highest BCUT2D eigenvalue weighted by atomic mass is 16.5. The van der Waals surface area contributed by atoms with Crippen molar-refractivity contribution < 1.29 is 24.2 Å². The number of benzene rings is 2. The Morgan fingerprint density at radius 3 is 2.41 bits per heavy atom. The second-order valence-electron chi connectivity index (χ2n) is 10.1. The van der Waals surface area contributed by atoms with Crippen molar-refractivity contribution in [3.63, 3.8) is 0 Å². The van der Waals surface area contributed by atoms with Crippen LogP contribution in [0.5, 0.6) is 5.75 Å². The van der Waals surface area contributed by atoms with E-state index >= 15 is 0 Å². The van der Waals surface area contributed by atoms with E-state index in [1.165, 1.54) is 5.56 Å². The van der Waals surface area contributed by atoms with Crippen molar-refractivity contribution in [3.8, 4) is 5.75 Å². The Morgan fingerprint density at radius 1 is 1.08 bits per heavy atom. The van der Waals surface area contributed by atoms with Gasteiger partial charge in [-0.2, -0.15) is 0 Å². The minimum absolute atomic E-state index is 0.130. The first kappa shape index (κ1) is 26.9. The molecule has 2 heterocycles. The molecule has 2 saturated heterocycles. The van der Waals surface area contributed by atoms with Crippen LogP contribution in [0.4, 0.5) is 0 Å². The number of Topliss-reactive ketones (excluding diaryl/α,β-unsaturated/α-hetero) is 1. The van der Waals surface area contributed by atoms with Crippen molar-refractivity contribution in [3.05, 3.63) is 70.3 Å². The number of ketones is 1. The second-order valence-corrected chi connectivity index (χ2v) is 10.1.